The van der Waals surface area contributed by atoms with E-state index in [1.54, 1.807) is 43.3 Å². The second kappa shape index (κ2) is 10.5. The second-order valence-electron chi connectivity index (χ2n) is 7.18. The Bertz CT molecular complexity index is 1080. The number of amides is 2. The van der Waals surface area contributed by atoms with E-state index in [2.05, 4.69) is 15.6 Å². The Kier molecular flexibility index (Phi) is 7.56. The zero-order chi connectivity index (χ0) is 23.1. The molecule has 3 rings (SSSR count). The summed E-state index contributed by atoms with van der Waals surface area (Å²) in [5, 5.41) is 5.72. The van der Waals surface area contributed by atoms with Gasteiger partial charge in [0.25, 0.3) is 0 Å². The molecule has 0 spiro atoms. The number of hydrogen-bond donors (Lipinski definition) is 2. The number of alkyl carbamates (subject to hydrolysis) is 1. The number of thiazole rings is 1. The maximum Gasteiger partial charge on any atom is 0.408 e. The van der Waals surface area contributed by atoms with E-state index >= 15 is 0 Å². The van der Waals surface area contributed by atoms with Crippen molar-refractivity contribution in [2.45, 2.75) is 19.6 Å². The van der Waals surface area contributed by atoms with Gasteiger partial charge in [0.1, 0.15) is 17.5 Å². The first kappa shape index (κ1) is 23.0. The third-order valence-corrected chi connectivity index (χ3v) is 5.64. The number of aromatic nitrogens is 1. The van der Waals surface area contributed by atoms with Gasteiger partial charge in [-0.25, -0.2) is 9.78 Å². The van der Waals surface area contributed by atoms with Crippen molar-refractivity contribution in [3.05, 3.63) is 76.7 Å². The first-order chi connectivity index (χ1) is 15.3. The number of ketones is 1. The Labute approximate surface area is 190 Å². The molecule has 1 unspecified atom stereocenters. The van der Waals surface area contributed by atoms with Crippen LogP contribution in [-0.2, 0) is 16.1 Å². The molecule has 32 heavy (non-hydrogen) atoms. The molecular weight excluding hydrogens is 428 g/mol. The van der Waals surface area contributed by atoms with E-state index in [4.69, 9.17) is 4.74 Å². The summed E-state index contributed by atoms with van der Waals surface area (Å²) >= 11 is 1.18. The zero-order valence-corrected chi connectivity index (χ0v) is 18.8. The van der Waals surface area contributed by atoms with E-state index in [0.29, 0.717) is 15.6 Å². The molecule has 0 aliphatic heterocycles. The van der Waals surface area contributed by atoms with Crippen molar-refractivity contribution < 1.29 is 19.1 Å². The van der Waals surface area contributed by atoms with Gasteiger partial charge in [0.2, 0.25) is 11.7 Å². The number of hydrogen-bond acceptors (Lipinski definition) is 7. The van der Waals surface area contributed by atoms with Crippen molar-refractivity contribution in [1.29, 1.82) is 0 Å². The minimum atomic E-state index is -0.901. The van der Waals surface area contributed by atoms with Crippen LogP contribution in [0.15, 0.2) is 60.7 Å². The largest absolute Gasteiger partial charge is 0.445 e. The number of carbonyl (C=O) groups excluding carboxylic acids is 3. The molecule has 0 radical (unpaired) electrons. The van der Waals surface area contributed by atoms with Gasteiger partial charge in [-0.2, -0.15) is 0 Å². The lowest BCUT2D eigenvalue weighted by Gasteiger charge is -2.14. The lowest BCUT2D eigenvalue weighted by molar-refractivity contribution is -0.117. The van der Waals surface area contributed by atoms with Gasteiger partial charge in [-0.15, -0.1) is 0 Å². The van der Waals surface area contributed by atoms with Crippen molar-refractivity contribution >= 4 is 40.1 Å². The summed E-state index contributed by atoms with van der Waals surface area (Å²) in [7, 11) is 3.60. The summed E-state index contributed by atoms with van der Waals surface area (Å²) in [4.78, 5) is 44.1. The lowest BCUT2D eigenvalue weighted by atomic mass is 10.1. The predicted molar refractivity (Wildman–Crippen MR) is 124 cm³/mol. The van der Waals surface area contributed by atoms with Crippen LogP contribution in [0.25, 0.3) is 0 Å². The van der Waals surface area contributed by atoms with Crippen LogP contribution in [0.1, 0.15) is 27.7 Å². The maximum atomic E-state index is 13.0. The molecule has 2 N–H and O–H groups in total. The van der Waals surface area contributed by atoms with E-state index in [1.807, 2.05) is 36.4 Å². The van der Waals surface area contributed by atoms with Gasteiger partial charge >= 0.3 is 6.09 Å². The smallest absolute Gasteiger partial charge is 0.408 e. The van der Waals surface area contributed by atoms with E-state index in [0.717, 1.165) is 5.56 Å². The Hall–Kier alpha value is -3.72. The fourth-order valence-corrected chi connectivity index (χ4v) is 3.60. The topological polar surface area (TPSA) is 101 Å². The van der Waals surface area contributed by atoms with Crippen molar-refractivity contribution in [3.8, 4) is 0 Å². The van der Waals surface area contributed by atoms with Gasteiger partial charge in [-0.3, -0.25) is 9.59 Å². The molecule has 0 saturated heterocycles. The summed E-state index contributed by atoms with van der Waals surface area (Å²) < 4.78 is 5.15. The van der Waals surface area contributed by atoms with Crippen LogP contribution in [0, 0.1) is 0 Å². The highest BCUT2D eigenvalue weighted by molar-refractivity contribution is 7.18. The second-order valence-corrected chi connectivity index (χ2v) is 8.16. The third-order valence-electron chi connectivity index (χ3n) is 4.42. The molecule has 1 heterocycles. The Balaban J connectivity index is 1.66. The monoisotopic (exact) mass is 452 g/mol. The number of nitrogens with one attached hydrogen (secondary N) is 2. The van der Waals surface area contributed by atoms with Crippen LogP contribution >= 0.6 is 11.3 Å². The summed E-state index contributed by atoms with van der Waals surface area (Å²) in [5.41, 5.74) is 1.33. The minimum absolute atomic E-state index is 0.0923. The average Bonchev–Trinajstić information content (AvgIpc) is 3.22. The number of ether oxygens (including phenoxy) is 1. The fraction of sp³-hybridized carbons (Fsp3) is 0.217. The molecule has 1 atom stereocenters. The Morgan fingerprint density at radius 1 is 1.03 bits per heavy atom. The van der Waals surface area contributed by atoms with Crippen molar-refractivity contribution in [2.24, 2.45) is 0 Å². The quantitative estimate of drug-likeness (QED) is 0.506. The molecule has 8 nitrogen and oxygen atoms in total. The predicted octanol–water partition coefficient (Wildman–Crippen LogP) is 3.69. The minimum Gasteiger partial charge on any atom is -0.445 e. The molecular formula is C23H24N4O4S. The fourth-order valence-electron chi connectivity index (χ4n) is 2.69. The number of carbonyl (C=O) groups is 3. The van der Waals surface area contributed by atoms with Crippen LogP contribution in [0.4, 0.5) is 15.7 Å². The average molecular weight is 453 g/mol. The van der Waals surface area contributed by atoms with Crippen molar-refractivity contribution in [3.63, 3.8) is 0 Å². The molecule has 9 heteroatoms. The molecule has 0 fully saturated rings. The van der Waals surface area contributed by atoms with Crippen LogP contribution in [-0.4, -0.2) is 42.9 Å². The zero-order valence-electron chi connectivity index (χ0n) is 18.0. The van der Waals surface area contributed by atoms with Gasteiger partial charge in [0.15, 0.2) is 10.9 Å². The number of anilines is 2. The van der Waals surface area contributed by atoms with Crippen molar-refractivity contribution in [2.75, 3.05) is 24.3 Å². The van der Waals surface area contributed by atoms with E-state index in [9.17, 15) is 14.4 Å². The third kappa shape index (κ3) is 5.92. The first-order valence-electron chi connectivity index (χ1n) is 9.91. The highest BCUT2D eigenvalue weighted by Gasteiger charge is 2.24. The molecule has 2 amide bonds. The summed E-state index contributed by atoms with van der Waals surface area (Å²) in [6, 6.07) is 17.1. The van der Waals surface area contributed by atoms with Crippen LogP contribution in [0.2, 0.25) is 0 Å². The van der Waals surface area contributed by atoms with E-state index in [-0.39, 0.29) is 18.2 Å². The van der Waals surface area contributed by atoms with Gasteiger partial charge in [-0.1, -0.05) is 72.0 Å². The normalized spacial score (nSPS) is 11.3. The molecule has 0 aliphatic rings. The number of benzene rings is 2. The standard InChI is InChI=1S/C23H24N4O4S/c1-15(24-23(30)31-14-16-10-6-4-7-11-16)21(29)25-20-19(32-22(26-20)27(2)3)18(28)17-12-8-5-9-13-17/h4-13,15H,14H2,1-3H3,(H,24,30)(H,25,29). The van der Waals surface area contributed by atoms with Gasteiger partial charge in [-0.05, 0) is 12.5 Å². The molecule has 166 valence electrons. The van der Waals surface area contributed by atoms with Gasteiger partial charge in [0.05, 0.1) is 0 Å². The molecule has 1 aromatic heterocycles. The Morgan fingerprint density at radius 3 is 2.28 bits per heavy atom. The number of rotatable bonds is 8. The van der Waals surface area contributed by atoms with Crippen LogP contribution < -0.4 is 15.5 Å². The number of nitrogens with zero attached hydrogens (tertiary/aromatic N) is 2. The van der Waals surface area contributed by atoms with Crippen LogP contribution in [0.5, 0.6) is 0 Å². The highest BCUT2D eigenvalue weighted by Crippen LogP contribution is 2.31. The van der Waals surface area contributed by atoms with Gasteiger partial charge in [0, 0.05) is 19.7 Å². The van der Waals surface area contributed by atoms with Gasteiger partial charge < -0.3 is 20.3 Å². The maximum absolute atomic E-state index is 13.0. The van der Waals surface area contributed by atoms with E-state index < -0.39 is 18.0 Å². The van der Waals surface area contributed by atoms with Crippen LogP contribution in [0.3, 0.4) is 0 Å². The summed E-state index contributed by atoms with van der Waals surface area (Å²) in [5.74, 6) is -0.599. The summed E-state index contributed by atoms with van der Waals surface area (Å²) in [6.45, 7) is 1.62. The van der Waals surface area contributed by atoms with E-state index in [1.165, 1.54) is 18.3 Å². The first-order valence-corrected chi connectivity index (χ1v) is 10.7. The SMILES string of the molecule is CC(NC(=O)OCc1ccccc1)C(=O)Nc1nc(N(C)C)sc1C(=O)c1ccccc1. The summed E-state index contributed by atoms with van der Waals surface area (Å²) in [6.07, 6.45) is -0.718. The molecule has 0 bridgehead atoms. The highest BCUT2D eigenvalue weighted by atomic mass is 32.1. The van der Waals surface area contributed by atoms with Crippen molar-refractivity contribution in [1.82, 2.24) is 10.3 Å². The molecule has 3 aromatic rings. The molecule has 0 saturated carbocycles. The molecule has 0 aliphatic carbocycles. The molecule has 2 aromatic carbocycles. The Morgan fingerprint density at radius 2 is 1.66 bits per heavy atom. The lowest BCUT2D eigenvalue weighted by Crippen LogP contribution is -2.42.